The fourth-order valence-corrected chi connectivity index (χ4v) is 2.74. The lowest BCUT2D eigenvalue weighted by atomic mass is 10.1. The normalized spacial score (nSPS) is 10.2. The predicted octanol–water partition coefficient (Wildman–Crippen LogP) is 3.39. The summed E-state index contributed by atoms with van der Waals surface area (Å²) in [5.41, 5.74) is 0.109. The van der Waals surface area contributed by atoms with Crippen molar-refractivity contribution >= 4 is 46.1 Å². The summed E-state index contributed by atoms with van der Waals surface area (Å²) in [4.78, 5) is 34.5. The van der Waals surface area contributed by atoms with Crippen molar-refractivity contribution in [3.8, 4) is 0 Å². The molecule has 0 spiro atoms. The zero-order chi connectivity index (χ0) is 17.0. The number of ether oxygens (including phenoxy) is 1. The van der Waals surface area contributed by atoms with Crippen molar-refractivity contribution < 1.29 is 19.2 Å². The number of carbonyl (C=O) groups excluding carboxylic acids is 2. The van der Waals surface area contributed by atoms with E-state index in [4.69, 9.17) is 16.3 Å². The Balaban J connectivity index is 2.12. The molecule has 1 aromatic heterocycles. The van der Waals surface area contributed by atoms with Crippen LogP contribution in [0.15, 0.2) is 30.3 Å². The highest BCUT2D eigenvalue weighted by atomic mass is 35.5. The molecule has 1 N–H and O–H groups in total. The summed E-state index contributed by atoms with van der Waals surface area (Å²) < 4.78 is 5.40. The van der Waals surface area contributed by atoms with Gasteiger partial charge in [0, 0.05) is 24.9 Å². The van der Waals surface area contributed by atoms with Crippen LogP contribution in [0.4, 0.5) is 11.4 Å². The number of nitrogens with zero attached hydrogens (tertiary/aromatic N) is 1. The molecule has 0 aliphatic heterocycles. The predicted molar refractivity (Wildman–Crippen MR) is 86.6 cm³/mol. The number of hydrogen-bond donors (Lipinski definition) is 1. The summed E-state index contributed by atoms with van der Waals surface area (Å²) in [6, 6.07) is 6.87. The number of hydrogen-bond acceptors (Lipinski definition) is 7. The van der Waals surface area contributed by atoms with Crippen molar-refractivity contribution in [2.75, 3.05) is 19.0 Å². The van der Waals surface area contributed by atoms with Gasteiger partial charge in [-0.15, -0.1) is 11.3 Å². The number of halogens is 1. The smallest absolute Gasteiger partial charge is 0.340 e. The standard InChI is InChI=1S/C14H11ClN2O5S/c1-16-10-3-2-8(17(20)21)6-9(10)14(19)22-7-11(18)12-4-5-13(15)23-12/h2-6,16H,7H2,1H3. The monoisotopic (exact) mass is 354 g/mol. The zero-order valence-corrected chi connectivity index (χ0v) is 13.4. The van der Waals surface area contributed by atoms with Crippen molar-refractivity contribution in [1.82, 2.24) is 0 Å². The second kappa shape index (κ2) is 7.21. The fourth-order valence-electron chi connectivity index (χ4n) is 1.78. The van der Waals surface area contributed by atoms with Gasteiger partial charge in [-0.25, -0.2) is 4.79 Å². The highest BCUT2D eigenvalue weighted by Gasteiger charge is 2.19. The van der Waals surface area contributed by atoms with E-state index in [-0.39, 0.29) is 11.3 Å². The van der Waals surface area contributed by atoms with Crippen molar-refractivity contribution in [1.29, 1.82) is 0 Å². The molecular weight excluding hydrogens is 344 g/mol. The number of non-ortho nitro benzene ring substituents is 1. The van der Waals surface area contributed by atoms with Crippen molar-refractivity contribution in [2.24, 2.45) is 0 Å². The fraction of sp³-hybridized carbons (Fsp3) is 0.143. The van der Waals surface area contributed by atoms with Crippen LogP contribution >= 0.6 is 22.9 Å². The van der Waals surface area contributed by atoms with Crippen LogP contribution in [0, 0.1) is 10.1 Å². The molecule has 23 heavy (non-hydrogen) atoms. The van der Waals surface area contributed by atoms with E-state index in [2.05, 4.69) is 5.32 Å². The van der Waals surface area contributed by atoms with Crippen LogP contribution in [0.1, 0.15) is 20.0 Å². The van der Waals surface area contributed by atoms with Crippen LogP contribution in [-0.4, -0.2) is 30.3 Å². The largest absolute Gasteiger partial charge is 0.454 e. The van der Waals surface area contributed by atoms with E-state index < -0.39 is 23.3 Å². The topological polar surface area (TPSA) is 98.5 Å². The summed E-state index contributed by atoms with van der Waals surface area (Å²) in [6.45, 7) is -0.471. The van der Waals surface area contributed by atoms with Gasteiger partial charge >= 0.3 is 5.97 Å². The first-order valence-corrected chi connectivity index (χ1v) is 7.53. The Kier molecular flexibility index (Phi) is 5.30. The van der Waals surface area contributed by atoms with Gasteiger partial charge < -0.3 is 10.1 Å². The average Bonchev–Trinajstić information content (AvgIpc) is 2.98. The molecular formula is C14H11ClN2O5S. The van der Waals surface area contributed by atoms with Gasteiger partial charge in [0.25, 0.3) is 5.69 Å². The average molecular weight is 355 g/mol. The summed E-state index contributed by atoms with van der Waals surface area (Å²) in [7, 11) is 1.57. The van der Waals surface area contributed by atoms with Crippen LogP contribution in [0.2, 0.25) is 4.34 Å². The number of anilines is 1. The Labute approximate surface area is 140 Å². The van der Waals surface area contributed by atoms with Crippen LogP contribution in [-0.2, 0) is 4.74 Å². The molecule has 0 saturated heterocycles. The van der Waals surface area contributed by atoms with Gasteiger partial charge in [0.15, 0.2) is 6.61 Å². The number of Topliss-reactive ketones (excluding diaryl/α,β-unsaturated/α-hetero) is 1. The number of ketones is 1. The molecule has 0 amide bonds. The van der Waals surface area contributed by atoms with E-state index in [1.165, 1.54) is 18.2 Å². The molecule has 2 rings (SSSR count). The molecule has 0 aliphatic carbocycles. The number of nitro groups is 1. The maximum absolute atomic E-state index is 12.1. The lowest BCUT2D eigenvalue weighted by Crippen LogP contribution is -2.15. The van der Waals surface area contributed by atoms with Gasteiger partial charge in [-0.05, 0) is 18.2 Å². The van der Waals surface area contributed by atoms with Gasteiger partial charge in [0.05, 0.1) is 19.7 Å². The summed E-state index contributed by atoms with van der Waals surface area (Å²) in [6.07, 6.45) is 0. The molecule has 0 bridgehead atoms. The van der Waals surface area contributed by atoms with Crippen molar-refractivity contribution in [3.63, 3.8) is 0 Å². The minimum atomic E-state index is -0.825. The van der Waals surface area contributed by atoms with Crippen LogP contribution in [0.5, 0.6) is 0 Å². The Morgan fingerprint density at radius 3 is 2.65 bits per heavy atom. The van der Waals surface area contributed by atoms with E-state index in [0.29, 0.717) is 14.9 Å². The molecule has 9 heteroatoms. The number of esters is 1. The van der Waals surface area contributed by atoms with E-state index >= 15 is 0 Å². The number of thiophene rings is 1. The minimum absolute atomic E-state index is 0.0151. The van der Waals surface area contributed by atoms with Gasteiger partial charge in [0.2, 0.25) is 5.78 Å². The van der Waals surface area contributed by atoms with Crippen molar-refractivity contribution in [2.45, 2.75) is 0 Å². The molecule has 2 aromatic rings. The van der Waals surface area contributed by atoms with Gasteiger partial charge in [-0.1, -0.05) is 11.6 Å². The van der Waals surface area contributed by atoms with Gasteiger partial charge in [0.1, 0.15) is 0 Å². The molecule has 0 atom stereocenters. The van der Waals surface area contributed by atoms with Gasteiger partial charge in [-0.3, -0.25) is 14.9 Å². The van der Waals surface area contributed by atoms with Crippen LogP contribution in [0.3, 0.4) is 0 Å². The zero-order valence-electron chi connectivity index (χ0n) is 11.9. The summed E-state index contributed by atoms with van der Waals surface area (Å²) in [5.74, 6) is -1.22. The lowest BCUT2D eigenvalue weighted by Gasteiger charge is -2.08. The SMILES string of the molecule is CNc1ccc([N+](=O)[O-])cc1C(=O)OCC(=O)c1ccc(Cl)s1. The van der Waals surface area contributed by atoms with E-state index in [1.54, 1.807) is 13.1 Å². The third-order valence-corrected chi connectivity index (χ3v) is 4.16. The Morgan fingerprint density at radius 1 is 1.35 bits per heavy atom. The van der Waals surface area contributed by atoms with Crippen LogP contribution in [0.25, 0.3) is 0 Å². The Morgan fingerprint density at radius 2 is 2.09 bits per heavy atom. The number of carbonyl (C=O) groups is 2. The first-order chi connectivity index (χ1) is 10.9. The number of benzene rings is 1. The number of nitrogens with one attached hydrogen (secondary N) is 1. The quantitative estimate of drug-likeness (QED) is 0.369. The van der Waals surface area contributed by atoms with Crippen LogP contribution < -0.4 is 5.32 Å². The molecule has 0 saturated carbocycles. The van der Waals surface area contributed by atoms with E-state index in [1.807, 2.05) is 0 Å². The highest BCUT2D eigenvalue weighted by Crippen LogP contribution is 2.24. The molecule has 0 fully saturated rings. The maximum Gasteiger partial charge on any atom is 0.340 e. The highest BCUT2D eigenvalue weighted by molar-refractivity contribution is 7.18. The minimum Gasteiger partial charge on any atom is -0.454 e. The Hall–Kier alpha value is -2.45. The third-order valence-electron chi connectivity index (χ3n) is 2.89. The molecule has 1 aromatic carbocycles. The molecule has 0 aliphatic rings. The third kappa shape index (κ3) is 4.05. The second-order valence-corrected chi connectivity index (χ2v) is 6.06. The lowest BCUT2D eigenvalue weighted by molar-refractivity contribution is -0.384. The molecule has 0 radical (unpaired) electrons. The molecule has 0 unspecified atom stereocenters. The maximum atomic E-state index is 12.1. The number of nitro benzene ring substituents is 1. The molecule has 120 valence electrons. The van der Waals surface area contributed by atoms with E-state index in [9.17, 15) is 19.7 Å². The first-order valence-electron chi connectivity index (χ1n) is 6.34. The summed E-state index contributed by atoms with van der Waals surface area (Å²) >= 11 is 6.82. The molecule has 7 nitrogen and oxygen atoms in total. The van der Waals surface area contributed by atoms with Gasteiger partial charge in [-0.2, -0.15) is 0 Å². The van der Waals surface area contributed by atoms with Crippen molar-refractivity contribution in [3.05, 3.63) is 55.2 Å². The second-order valence-electron chi connectivity index (χ2n) is 4.34. The van der Waals surface area contributed by atoms with E-state index in [0.717, 1.165) is 17.4 Å². The Bertz CT molecular complexity index is 774. The molecule has 1 heterocycles. The summed E-state index contributed by atoms with van der Waals surface area (Å²) in [5, 5.41) is 13.5. The number of rotatable bonds is 6. The first kappa shape index (κ1) is 16.9.